The molecular weight excluding hydrogens is 518 g/mol. The Morgan fingerprint density at radius 1 is 1.18 bits per heavy atom. The first-order chi connectivity index (χ1) is 17.8. The lowest BCUT2D eigenvalue weighted by Gasteiger charge is -2.63. The molecule has 0 saturated heterocycles. The molecule has 5 aliphatic rings. The predicted molar refractivity (Wildman–Crippen MR) is 135 cm³/mol. The van der Waals surface area contributed by atoms with Crippen molar-refractivity contribution >= 4 is 29.3 Å². The Bertz CT molecular complexity index is 1090. The van der Waals surface area contributed by atoms with Crippen LogP contribution in [0.2, 0.25) is 0 Å². The van der Waals surface area contributed by atoms with Crippen LogP contribution in [-0.2, 0) is 23.9 Å². The molecule has 4 fully saturated rings. The van der Waals surface area contributed by atoms with Gasteiger partial charge in [0, 0.05) is 29.1 Å². The zero-order valence-corrected chi connectivity index (χ0v) is 22.9. The number of halogens is 3. The summed E-state index contributed by atoms with van der Waals surface area (Å²) in [5.41, 5.74) is -6.82. The van der Waals surface area contributed by atoms with Gasteiger partial charge in [-0.15, -0.1) is 0 Å². The second-order valence-corrected chi connectivity index (χ2v) is 12.8. The smallest absolute Gasteiger partial charge is 0.352 e. The maximum Gasteiger partial charge on any atom is 0.352 e. The second-order valence-electron chi connectivity index (χ2n) is 12.6. The van der Waals surface area contributed by atoms with E-state index in [1.54, 1.807) is 13.8 Å². The zero-order valence-electron chi connectivity index (χ0n) is 22.2. The third-order valence-electron chi connectivity index (χ3n) is 10.9. The minimum absolute atomic E-state index is 0.0354. The molecule has 0 amide bonds. The number of allylic oxidation sites excluding steroid dienone is 4. The molecule has 0 aliphatic heterocycles. The van der Waals surface area contributed by atoms with E-state index < -0.39 is 75.9 Å². The fourth-order valence-corrected chi connectivity index (χ4v) is 9.15. The number of hydrogen-bond donors (Lipinski definition) is 1. The summed E-state index contributed by atoms with van der Waals surface area (Å²) in [5.74, 6) is -3.75. The Labute approximate surface area is 227 Å². The standard InChI is InChI=1S/C29H37ClF2O6/c1-16-10-19-20-13-22(31)21-12-18(33)8-9-26(21,2)28(20,32)23(34)14-27(19,3)29(16,25(36)37-15-30)38-24(35)11-17-6-4-5-7-17/h8-9,12,16-17,19-20,22-23,34H,4-7,10-11,13-15H2,1-3H3/t16-,19+,20+,22+,23+,26+,27+,28+,29+/m1/s1. The van der Waals surface area contributed by atoms with Gasteiger partial charge in [0.15, 0.2) is 17.5 Å². The first-order valence-electron chi connectivity index (χ1n) is 13.8. The molecule has 0 unspecified atom stereocenters. The van der Waals surface area contributed by atoms with E-state index in [9.17, 15) is 19.5 Å². The Balaban J connectivity index is 1.57. The van der Waals surface area contributed by atoms with Crippen LogP contribution < -0.4 is 0 Å². The van der Waals surface area contributed by atoms with E-state index in [1.807, 2.05) is 0 Å². The van der Waals surface area contributed by atoms with Crippen LogP contribution in [-0.4, -0.2) is 52.4 Å². The van der Waals surface area contributed by atoms with Gasteiger partial charge in [0.2, 0.25) is 5.60 Å². The third-order valence-corrected chi connectivity index (χ3v) is 11.0. The fourth-order valence-electron chi connectivity index (χ4n) is 9.05. The number of ketones is 1. The van der Waals surface area contributed by atoms with Crippen LogP contribution in [0.25, 0.3) is 0 Å². The Kier molecular flexibility index (Phi) is 6.86. The summed E-state index contributed by atoms with van der Waals surface area (Å²) in [4.78, 5) is 39.0. The van der Waals surface area contributed by atoms with Crippen molar-refractivity contribution in [3.05, 3.63) is 23.8 Å². The molecule has 38 heavy (non-hydrogen) atoms. The number of alkyl halides is 3. The van der Waals surface area contributed by atoms with E-state index in [4.69, 9.17) is 21.1 Å². The number of rotatable bonds is 5. The number of aliphatic hydroxyl groups is 1. The minimum Gasteiger partial charge on any atom is -0.446 e. The van der Waals surface area contributed by atoms with Crippen molar-refractivity contribution in [3.63, 3.8) is 0 Å². The number of ether oxygens (including phenoxy) is 2. The maximum absolute atomic E-state index is 17.4. The summed E-state index contributed by atoms with van der Waals surface area (Å²) in [6.45, 7) is 5.01. The van der Waals surface area contributed by atoms with Gasteiger partial charge in [-0.2, -0.15) is 0 Å². The summed E-state index contributed by atoms with van der Waals surface area (Å²) < 4.78 is 44.5. The predicted octanol–water partition coefficient (Wildman–Crippen LogP) is 5.15. The molecule has 0 aromatic heterocycles. The van der Waals surface area contributed by atoms with Crippen molar-refractivity contribution in [2.45, 2.75) is 95.7 Å². The minimum atomic E-state index is -2.29. The van der Waals surface area contributed by atoms with E-state index >= 15 is 8.78 Å². The van der Waals surface area contributed by atoms with Gasteiger partial charge in [-0.1, -0.05) is 44.4 Å². The van der Waals surface area contributed by atoms with E-state index in [1.165, 1.54) is 19.1 Å². The molecule has 5 rings (SSSR count). The van der Waals surface area contributed by atoms with Gasteiger partial charge in [0.25, 0.3) is 0 Å². The maximum atomic E-state index is 17.4. The van der Waals surface area contributed by atoms with Crippen LogP contribution in [0.15, 0.2) is 23.8 Å². The van der Waals surface area contributed by atoms with E-state index in [-0.39, 0.29) is 37.2 Å². The lowest BCUT2D eigenvalue weighted by atomic mass is 9.44. The van der Waals surface area contributed by atoms with Crippen molar-refractivity contribution in [3.8, 4) is 0 Å². The Hall–Kier alpha value is -1.80. The van der Waals surface area contributed by atoms with Crippen LogP contribution in [0.5, 0.6) is 0 Å². The lowest BCUT2D eigenvalue weighted by molar-refractivity contribution is -0.239. The molecule has 210 valence electrons. The number of carbonyl (C=O) groups is 3. The summed E-state index contributed by atoms with van der Waals surface area (Å²) >= 11 is 5.78. The molecule has 0 radical (unpaired) electrons. The Morgan fingerprint density at radius 2 is 1.87 bits per heavy atom. The summed E-state index contributed by atoms with van der Waals surface area (Å²) in [6.07, 6.45) is 4.44. The third kappa shape index (κ3) is 3.61. The fraction of sp³-hybridized carbons (Fsp3) is 0.759. The van der Waals surface area contributed by atoms with Crippen molar-refractivity contribution < 1.29 is 37.7 Å². The molecule has 0 spiro atoms. The molecule has 5 aliphatic carbocycles. The molecule has 0 aromatic rings. The van der Waals surface area contributed by atoms with Gasteiger partial charge in [0.1, 0.15) is 6.17 Å². The molecular formula is C29H37ClF2O6. The van der Waals surface area contributed by atoms with Crippen LogP contribution >= 0.6 is 11.6 Å². The van der Waals surface area contributed by atoms with E-state index in [0.29, 0.717) is 0 Å². The monoisotopic (exact) mass is 554 g/mol. The van der Waals surface area contributed by atoms with Gasteiger partial charge >= 0.3 is 11.9 Å². The summed E-state index contributed by atoms with van der Waals surface area (Å²) in [7, 11) is 0. The largest absolute Gasteiger partial charge is 0.446 e. The second kappa shape index (κ2) is 9.39. The molecule has 4 saturated carbocycles. The molecule has 9 heteroatoms. The zero-order chi connectivity index (χ0) is 27.7. The van der Waals surface area contributed by atoms with Gasteiger partial charge in [-0.3, -0.25) is 9.59 Å². The molecule has 0 heterocycles. The quantitative estimate of drug-likeness (QED) is 0.373. The van der Waals surface area contributed by atoms with E-state index in [2.05, 4.69) is 0 Å². The van der Waals surface area contributed by atoms with Crippen molar-refractivity contribution in [1.82, 2.24) is 0 Å². The highest BCUT2D eigenvalue weighted by Crippen LogP contribution is 2.71. The number of esters is 2. The number of fused-ring (bicyclic) bond motifs is 5. The van der Waals surface area contributed by atoms with Crippen molar-refractivity contribution in [2.75, 3.05) is 6.07 Å². The SMILES string of the molecule is C[C@@H]1C[C@H]2[C@@H]3C[C@H](F)C4=CC(=O)C=C[C@]4(C)[C@@]3(F)[C@@H](O)C[C@]2(C)[C@@]1(OC(=O)CC1CCCC1)C(=O)OCCl. The average molecular weight is 555 g/mol. The Morgan fingerprint density at radius 3 is 2.53 bits per heavy atom. The number of carbonyl (C=O) groups excluding carboxylic acids is 3. The molecule has 9 atom stereocenters. The van der Waals surface area contributed by atoms with Crippen LogP contribution in [0.3, 0.4) is 0 Å². The van der Waals surface area contributed by atoms with Crippen LogP contribution in [0.4, 0.5) is 8.78 Å². The average Bonchev–Trinajstić information content (AvgIpc) is 3.43. The summed E-state index contributed by atoms with van der Waals surface area (Å²) in [6, 6.07) is -0.454. The molecule has 6 nitrogen and oxygen atoms in total. The lowest BCUT2D eigenvalue weighted by Crippen LogP contribution is -2.71. The van der Waals surface area contributed by atoms with Gasteiger partial charge in [0.05, 0.1) is 6.10 Å². The highest BCUT2D eigenvalue weighted by Gasteiger charge is 2.78. The highest BCUT2D eigenvalue weighted by atomic mass is 35.5. The van der Waals surface area contributed by atoms with Crippen LogP contribution in [0, 0.1) is 34.5 Å². The van der Waals surface area contributed by atoms with Gasteiger partial charge in [-0.05, 0) is 68.6 Å². The van der Waals surface area contributed by atoms with E-state index in [0.717, 1.165) is 31.8 Å². The first-order valence-corrected chi connectivity index (χ1v) is 14.3. The molecule has 0 bridgehead atoms. The number of aliphatic hydroxyl groups excluding tert-OH is 1. The molecule has 0 aromatic carbocycles. The summed E-state index contributed by atoms with van der Waals surface area (Å²) in [5, 5.41) is 11.6. The first kappa shape index (κ1) is 27.8. The van der Waals surface area contributed by atoms with Gasteiger partial charge < -0.3 is 14.6 Å². The normalized spacial score (nSPS) is 46.1. The van der Waals surface area contributed by atoms with Crippen LogP contribution in [0.1, 0.15) is 72.1 Å². The molecule has 1 N–H and O–H groups in total. The van der Waals surface area contributed by atoms with Crippen molar-refractivity contribution in [1.29, 1.82) is 0 Å². The van der Waals surface area contributed by atoms with Gasteiger partial charge in [-0.25, -0.2) is 13.6 Å². The highest BCUT2D eigenvalue weighted by molar-refractivity contribution is 6.17. The number of hydrogen-bond acceptors (Lipinski definition) is 6. The van der Waals surface area contributed by atoms with Crippen molar-refractivity contribution in [2.24, 2.45) is 34.5 Å². The topological polar surface area (TPSA) is 89.9 Å².